The molecule has 2 aliphatic rings. The molecule has 2 aromatic rings. The third kappa shape index (κ3) is 12.4. The Morgan fingerprint density at radius 1 is 0.917 bits per heavy atom. The zero-order chi connectivity index (χ0) is 44.5. The van der Waals surface area contributed by atoms with Gasteiger partial charge >= 0.3 is 22.3 Å². The number of aliphatic hydroxyl groups is 1. The summed E-state index contributed by atoms with van der Waals surface area (Å²) in [6.45, 7) is 13.1. The van der Waals surface area contributed by atoms with Crippen LogP contribution in [0.25, 0.3) is 10.4 Å². The van der Waals surface area contributed by atoms with Crippen LogP contribution in [0.1, 0.15) is 27.7 Å². The van der Waals surface area contributed by atoms with Crippen molar-refractivity contribution in [2.45, 2.75) is 120 Å². The molecule has 2 aromatic carbocycles. The Balaban J connectivity index is 1.82. The van der Waals surface area contributed by atoms with E-state index in [1.165, 1.54) is 7.11 Å². The molecule has 0 aromatic heterocycles. The van der Waals surface area contributed by atoms with Crippen LogP contribution in [0.3, 0.4) is 0 Å². The van der Waals surface area contributed by atoms with E-state index >= 15 is 0 Å². The number of carbonyl (C=O) groups excluding carboxylic acids is 2. The van der Waals surface area contributed by atoms with Crippen molar-refractivity contribution in [3.63, 3.8) is 0 Å². The molecule has 19 nitrogen and oxygen atoms in total. The van der Waals surface area contributed by atoms with Crippen LogP contribution in [0.4, 0.5) is 0 Å². The molecule has 0 radical (unpaired) electrons. The summed E-state index contributed by atoms with van der Waals surface area (Å²) in [5, 5.41) is 16.6. The van der Waals surface area contributed by atoms with E-state index in [1.807, 2.05) is 81.4 Å². The lowest BCUT2D eigenvalue weighted by molar-refractivity contribution is -0.345. The van der Waals surface area contributed by atoms with Crippen LogP contribution in [0.5, 0.6) is 0 Å². The van der Waals surface area contributed by atoms with Gasteiger partial charge in [-0.05, 0) is 27.0 Å². The summed E-state index contributed by atoms with van der Waals surface area (Å²) in [6, 6.07) is 17.9. The van der Waals surface area contributed by atoms with Gasteiger partial charge in [0.15, 0.2) is 24.8 Å². The zero-order valence-corrected chi connectivity index (χ0v) is 38.1. The average Bonchev–Trinajstić information content (AvgIpc) is 3.17. The van der Waals surface area contributed by atoms with E-state index in [-0.39, 0.29) is 6.79 Å². The zero-order valence-electron chi connectivity index (χ0n) is 35.2. The third-order valence-corrected chi connectivity index (χ3v) is 17.2. The summed E-state index contributed by atoms with van der Waals surface area (Å²) in [5.41, 5.74) is 9.66. The molecular formula is C38H57N3O16SSi2. The Morgan fingerprint density at radius 2 is 1.52 bits per heavy atom. The lowest BCUT2D eigenvalue weighted by Crippen LogP contribution is -2.69. The summed E-state index contributed by atoms with van der Waals surface area (Å²) >= 11 is 0. The second-order valence-electron chi connectivity index (χ2n) is 16.5. The molecule has 334 valence electrons. The fourth-order valence-corrected chi connectivity index (χ4v) is 13.1. The Bertz CT molecular complexity index is 1820. The van der Waals surface area contributed by atoms with Crippen molar-refractivity contribution in [1.82, 2.24) is 0 Å². The highest BCUT2D eigenvalue weighted by Gasteiger charge is 2.57. The highest BCUT2D eigenvalue weighted by Crippen LogP contribution is 2.39. The number of nitrogens with zero attached hydrogens (tertiary/aromatic N) is 3. The van der Waals surface area contributed by atoms with Crippen LogP contribution < -0.4 is 10.4 Å². The number of methoxy groups -OCH3 is 2. The number of esters is 2. The molecule has 10 atom stereocenters. The summed E-state index contributed by atoms with van der Waals surface area (Å²) in [4.78, 5) is 28.6. The first kappa shape index (κ1) is 49.3. The molecule has 2 aliphatic heterocycles. The van der Waals surface area contributed by atoms with Gasteiger partial charge in [0.1, 0.15) is 37.3 Å². The van der Waals surface area contributed by atoms with Gasteiger partial charge < -0.3 is 47.4 Å². The number of aliphatic hydroxyl groups excluding tert-OH is 1. The van der Waals surface area contributed by atoms with Crippen LogP contribution in [0, 0.1) is 0 Å². The maximum Gasteiger partial charge on any atom is 0.397 e. The van der Waals surface area contributed by atoms with E-state index in [9.17, 15) is 33.2 Å². The molecule has 2 saturated heterocycles. The summed E-state index contributed by atoms with van der Waals surface area (Å²) < 4.78 is 93.2. The van der Waals surface area contributed by atoms with E-state index in [0.717, 1.165) is 30.5 Å². The van der Waals surface area contributed by atoms with Gasteiger partial charge in [0.05, 0.1) is 19.8 Å². The number of carbonyl (C=O) groups is 2. The lowest BCUT2D eigenvalue weighted by atomic mass is 9.95. The number of hydrogen-bond acceptors (Lipinski definition) is 16. The number of azide groups is 1. The summed E-state index contributed by atoms with van der Waals surface area (Å²) in [6.07, 6.45) is -14.9. The maximum atomic E-state index is 13.4. The molecular weight excluding hydrogens is 843 g/mol. The van der Waals surface area contributed by atoms with E-state index in [1.54, 1.807) is 0 Å². The van der Waals surface area contributed by atoms with Crippen LogP contribution in [-0.2, 0) is 66.5 Å². The van der Waals surface area contributed by atoms with Crippen molar-refractivity contribution >= 4 is 49.1 Å². The van der Waals surface area contributed by atoms with Gasteiger partial charge in [0.2, 0.25) is 0 Å². The Hall–Kier alpha value is -3.33. The van der Waals surface area contributed by atoms with E-state index < -0.39 is 112 Å². The van der Waals surface area contributed by atoms with Crippen LogP contribution in [0.15, 0.2) is 65.8 Å². The molecule has 0 bridgehead atoms. The minimum atomic E-state index is -5.28. The van der Waals surface area contributed by atoms with Crippen molar-refractivity contribution in [1.29, 1.82) is 0 Å². The standard InChI is InChI=1S/C38H57N3O16SSi2/c1-24(42)53-34-31(51-23-50-20-21-59(7,8)9)32(33(35(44)48-5)56-37(34)49-6)55-36-28(40-41-39)29(43)30(57-58(45,46)47)27(54-36)22-52-60(38(2,3)4,25-16-12-10-13-17-25)26-18-14-11-15-19-26/h10-19,27-34,36-37,43H,20-23H2,1-9H3,(H,45,46,47)/t27-,28-,29-,30-,31+,32+,33+,34-,36-,37+/m1/s1. The van der Waals surface area contributed by atoms with Crippen molar-refractivity contribution in [2.24, 2.45) is 5.11 Å². The molecule has 22 heteroatoms. The van der Waals surface area contributed by atoms with Crippen LogP contribution in [0.2, 0.25) is 30.7 Å². The van der Waals surface area contributed by atoms with Gasteiger partial charge in [0, 0.05) is 33.6 Å². The predicted octanol–water partition coefficient (Wildman–Crippen LogP) is 3.07. The average molecular weight is 900 g/mol. The fraction of sp³-hybridized carbons (Fsp3) is 0.632. The van der Waals surface area contributed by atoms with Crippen LogP contribution >= 0.6 is 0 Å². The highest BCUT2D eigenvalue weighted by atomic mass is 32.3. The molecule has 0 unspecified atom stereocenters. The summed E-state index contributed by atoms with van der Waals surface area (Å²) in [7, 11) is -7.83. The second kappa shape index (κ2) is 21.2. The molecule has 2 N–H and O–H groups in total. The van der Waals surface area contributed by atoms with Gasteiger partial charge in [-0.15, -0.1) is 0 Å². The predicted molar refractivity (Wildman–Crippen MR) is 220 cm³/mol. The number of rotatable bonds is 19. The quantitative estimate of drug-likeness (QED) is 0.0301. The van der Waals surface area contributed by atoms with Gasteiger partial charge in [-0.3, -0.25) is 9.35 Å². The normalized spacial score (nSPS) is 27.7. The molecule has 4 rings (SSSR count). The van der Waals surface area contributed by atoms with Crippen molar-refractivity contribution in [3.8, 4) is 0 Å². The highest BCUT2D eigenvalue weighted by molar-refractivity contribution is 7.80. The van der Waals surface area contributed by atoms with Gasteiger partial charge in [0.25, 0.3) is 8.32 Å². The van der Waals surface area contributed by atoms with Crippen molar-refractivity contribution < 1.29 is 74.2 Å². The first-order chi connectivity index (χ1) is 28.2. The monoisotopic (exact) mass is 899 g/mol. The maximum absolute atomic E-state index is 13.4. The molecule has 0 amide bonds. The Kier molecular flexibility index (Phi) is 17.4. The molecule has 0 spiro atoms. The smallest absolute Gasteiger partial charge is 0.397 e. The van der Waals surface area contributed by atoms with Gasteiger partial charge in [-0.2, -0.15) is 8.42 Å². The fourth-order valence-electron chi connectivity index (χ4n) is 7.24. The number of ether oxygens (including phenoxy) is 8. The first-order valence-electron chi connectivity index (χ1n) is 19.2. The molecule has 0 saturated carbocycles. The van der Waals surface area contributed by atoms with Crippen LogP contribution in [-0.4, -0.2) is 142 Å². The van der Waals surface area contributed by atoms with Gasteiger partial charge in [-0.25, -0.2) is 8.98 Å². The summed E-state index contributed by atoms with van der Waals surface area (Å²) in [5.74, 6) is -1.75. The number of hydrogen-bond donors (Lipinski definition) is 2. The van der Waals surface area contributed by atoms with Crippen molar-refractivity contribution in [3.05, 3.63) is 71.1 Å². The second-order valence-corrected chi connectivity index (χ2v) is 27.5. The molecule has 60 heavy (non-hydrogen) atoms. The van der Waals surface area contributed by atoms with Gasteiger partial charge in [-0.1, -0.05) is 106 Å². The minimum absolute atomic E-state index is 0.329. The lowest BCUT2D eigenvalue weighted by Gasteiger charge is -2.48. The van der Waals surface area contributed by atoms with E-state index in [2.05, 4.69) is 29.7 Å². The number of benzene rings is 2. The molecule has 2 fully saturated rings. The SMILES string of the molecule is COC(=O)[C@H]1O[C@H](OC)[C@H](OC(C)=O)[C@@H](OCOCC[Si](C)(C)C)[C@@H]1O[C@H]1O[C@H](CO[Si](c2ccccc2)(c2ccccc2)C(C)(C)C)[C@@H](OS(=O)(=O)O)[C@H](O)[C@H]1N=[N+]=[N-]. The first-order valence-corrected chi connectivity index (χ1v) is 26.2. The Morgan fingerprint density at radius 3 is 2.00 bits per heavy atom. The van der Waals surface area contributed by atoms with Crippen molar-refractivity contribution in [2.75, 3.05) is 34.2 Å². The Labute approximate surface area is 352 Å². The molecule has 0 aliphatic carbocycles. The van der Waals surface area contributed by atoms with E-state index in [0.29, 0.717) is 6.61 Å². The van der Waals surface area contributed by atoms with E-state index in [4.69, 9.17) is 46.5 Å². The minimum Gasteiger partial charge on any atom is -0.467 e. The third-order valence-electron chi connectivity index (χ3n) is 10.0. The largest absolute Gasteiger partial charge is 0.467 e. The topological polar surface area (TPSA) is 250 Å². The molecule has 2 heterocycles.